The molecular weight excluding hydrogens is 258 g/mol. The lowest BCUT2D eigenvalue weighted by atomic mass is 9.73. The van der Waals surface area contributed by atoms with E-state index in [1.54, 1.807) is 0 Å². The number of nitrogens with two attached hydrogens (primary N) is 1. The molecule has 1 aliphatic rings. The Labute approximate surface area is 119 Å². The summed E-state index contributed by atoms with van der Waals surface area (Å²) in [5, 5.41) is 0. The zero-order valence-corrected chi connectivity index (χ0v) is 12.0. The lowest BCUT2D eigenvalue weighted by Crippen LogP contribution is -2.46. The minimum Gasteiger partial charge on any atom is -0.271 e. The van der Waals surface area contributed by atoms with Gasteiger partial charge in [0.1, 0.15) is 11.6 Å². The molecule has 1 aromatic carbocycles. The van der Waals surface area contributed by atoms with Gasteiger partial charge in [-0.05, 0) is 36.3 Å². The summed E-state index contributed by atoms with van der Waals surface area (Å²) in [6.45, 7) is 2.20. The number of hydrogen-bond acceptors (Lipinski definition) is 2. The first-order valence-electron chi connectivity index (χ1n) is 7.55. The van der Waals surface area contributed by atoms with Crippen molar-refractivity contribution in [2.24, 2.45) is 17.7 Å². The highest BCUT2D eigenvalue weighted by Crippen LogP contribution is 2.35. The standard InChI is InChI=1S/C16H24F2N2/c1-2-11-5-3-4-6-14(11)16(20-19)9-12-7-8-13(17)10-15(12)18/h7-8,10-11,14,16,20H,2-6,9,19H2,1H3. The van der Waals surface area contributed by atoms with E-state index in [2.05, 4.69) is 12.3 Å². The number of hydrazine groups is 1. The van der Waals surface area contributed by atoms with Crippen molar-refractivity contribution in [2.45, 2.75) is 51.5 Å². The second-order valence-electron chi connectivity index (χ2n) is 5.83. The molecule has 20 heavy (non-hydrogen) atoms. The molecule has 0 bridgehead atoms. The Balaban J connectivity index is 2.11. The van der Waals surface area contributed by atoms with Crippen molar-refractivity contribution in [3.05, 3.63) is 35.4 Å². The van der Waals surface area contributed by atoms with Gasteiger partial charge in [-0.3, -0.25) is 11.3 Å². The summed E-state index contributed by atoms with van der Waals surface area (Å²) in [6, 6.07) is 3.84. The van der Waals surface area contributed by atoms with E-state index in [-0.39, 0.29) is 6.04 Å². The van der Waals surface area contributed by atoms with Gasteiger partial charge in [0, 0.05) is 12.1 Å². The molecule has 0 spiro atoms. The van der Waals surface area contributed by atoms with Gasteiger partial charge in [-0.1, -0.05) is 38.7 Å². The topological polar surface area (TPSA) is 38.0 Å². The maximum absolute atomic E-state index is 13.8. The fourth-order valence-electron chi connectivity index (χ4n) is 3.53. The molecule has 112 valence electrons. The van der Waals surface area contributed by atoms with Crippen molar-refractivity contribution in [1.29, 1.82) is 0 Å². The summed E-state index contributed by atoms with van der Waals surface area (Å²) < 4.78 is 26.7. The third-order valence-corrected chi connectivity index (χ3v) is 4.68. The van der Waals surface area contributed by atoms with Crippen molar-refractivity contribution in [3.8, 4) is 0 Å². The van der Waals surface area contributed by atoms with Gasteiger partial charge in [0.2, 0.25) is 0 Å². The lowest BCUT2D eigenvalue weighted by molar-refractivity contribution is 0.174. The Morgan fingerprint density at radius 2 is 2.05 bits per heavy atom. The number of rotatable bonds is 5. The first-order chi connectivity index (χ1) is 9.65. The largest absolute Gasteiger partial charge is 0.271 e. The first-order valence-corrected chi connectivity index (χ1v) is 7.55. The predicted octanol–water partition coefficient (Wildman–Crippen LogP) is 3.56. The molecule has 3 atom stereocenters. The van der Waals surface area contributed by atoms with E-state index in [1.165, 1.54) is 31.4 Å². The van der Waals surface area contributed by atoms with Gasteiger partial charge in [0.05, 0.1) is 0 Å². The molecule has 0 aliphatic heterocycles. The Hall–Kier alpha value is -1.00. The molecule has 2 nitrogen and oxygen atoms in total. The summed E-state index contributed by atoms with van der Waals surface area (Å²) in [5.74, 6) is 5.81. The third-order valence-electron chi connectivity index (χ3n) is 4.68. The van der Waals surface area contributed by atoms with Gasteiger partial charge in [-0.2, -0.15) is 0 Å². The molecule has 0 heterocycles. The lowest BCUT2D eigenvalue weighted by Gasteiger charge is -2.36. The second-order valence-corrected chi connectivity index (χ2v) is 5.83. The van der Waals surface area contributed by atoms with Gasteiger partial charge >= 0.3 is 0 Å². The summed E-state index contributed by atoms with van der Waals surface area (Å²) in [4.78, 5) is 0. The molecule has 0 saturated heterocycles. The van der Waals surface area contributed by atoms with Crippen LogP contribution in [-0.4, -0.2) is 6.04 Å². The van der Waals surface area contributed by atoms with Crippen molar-refractivity contribution in [3.63, 3.8) is 0 Å². The van der Waals surface area contributed by atoms with Crippen LogP contribution in [-0.2, 0) is 6.42 Å². The minimum atomic E-state index is -0.535. The Bertz CT molecular complexity index is 436. The van der Waals surface area contributed by atoms with Crippen LogP contribution in [0.1, 0.15) is 44.6 Å². The van der Waals surface area contributed by atoms with E-state index in [4.69, 9.17) is 5.84 Å². The smallest absolute Gasteiger partial charge is 0.129 e. The van der Waals surface area contributed by atoms with Crippen LogP contribution in [0.2, 0.25) is 0 Å². The average Bonchev–Trinajstić information content (AvgIpc) is 2.46. The van der Waals surface area contributed by atoms with Crippen molar-refractivity contribution in [2.75, 3.05) is 0 Å². The highest BCUT2D eigenvalue weighted by Gasteiger charge is 2.30. The van der Waals surface area contributed by atoms with Gasteiger partial charge in [-0.25, -0.2) is 8.78 Å². The van der Waals surface area contributed by atoms with Crippen molar-refractivity contribution in [1.82, 2.24) is 5.43 Å². The molecule has 3 N–H and O–H groups in total. The maximum atomic E-state index is 13.8. The van der Waals surface area contributed by atoms with E-state index in [0.29, 0.717) is 23.8 Å². The predicted molar refractivity (Wildman–Crippen MR) is 76.9 cm³/mol. The fraction of sp³-hybridized carbons (Fsp3) is 0.625. The monoisotopic (exact) mass is 282 g/mol. The Morgan fingerprint density at radius 1 is 1.30 bits per heavy atom. The molecule has 1 fully saturated rings. The SMILES string of the molecule is CCC1CCCCC1C(Cc1ccc(F)cc1F)NN. The highest BCUT2D eigenvalue weighted by molar-refractivity contribution is 5.20. The summed E-state index contributed by atoms with van der Waals surface area (Å²) >= 11 is 0. The zero-order chi connectivity index (χ0) is 14.5. The van der Waals surface area contributed by atoms with Crippen molar-refractivity contribution < 1.29 is 8.78 Å². The van der Waals surface area contributed by atoms with Crippen LogP contribution in [0.4, 0.5) is 8.78 Å². The maximum Gasteiger partial charge on any atom is 0.129 e. The van der Waals surface area contributed by atoms with E-state index < -0.39 is 11.6 Å². The van der Waals surface area contributed by atoms with E-state index in [1.807, 2.05) is 0 Å². The molecule has 0 radical (unpaired) electrons. The minimum absolute atomic E-state index is 0.0558. The normalized spacial score (nSPS) is 24.6. The van der Waals surface area contributed by atoms with Gasteiger partial charge in [0.25, 0.3) is 0 Å². The number of hydrogen-bond donors (Lipinski definition) is 2. The van der Waals surface area contributed by atoms with Crippen molar-refractivity contribution >= 4 is 0 Å². The summed E-state index contributed by atoms with van der Waals surface area (Å²) in [7, 11) is 0. The van der Waals surface area contributed by atoms with Crippen LogP contribution < -0.4 is 11.3 Å². The van der Waals surface area contributed by atoms with Gasteiger partial charge in [-0.15, -0.1) is 0 Å². The quantitative estimate of drug-likeness (QED) is 0.640. The number of nitrogens with one attached hydrogen (secondary N) is 1. The fourth-order valence-corrected chi connectivity index (χ4v) is 3.53. The molecule has 2 rings (SSSR count). The molecule has 0 amide bonds. The molecular formula is C16H24F2N2. The van der Waals surface area contributed by atoms with E-state index >= 15 is 0 Å². The van der Waals surface area contributed by atoms with E-state index in [9.17, 15) is 8.78 Å². The Kier molecular flexibility index (Phi) is 5.49. The molecule has 1 saturated carbocycles. The number of halogens is 2. The number of benzene rings is 1. The first kappa shape index (κ1) is 15.4. The molecule has 3 unspecified atom stereocenters. The van der Waals surface area contributed by atoms with Crippen LogP contribution in [0.3, 0.4) is 0 Å². The van der Waals surface area contributed by atoms with Gasteiger partial charge < -0.3 is 0 Å². The molecule has 4 heteroatoms. The van der Waals surface area contributed by atoms with E-state index in [0.717, 1.165) is 18.9 Å². The second kappa shape index (κ2) is 7.14. The Morgan fingerprint density at radius 3 is 2.70 bits per heavy atom. The van der Waals surface area contributed by atoms with Crippen LogP contribution in [0.25, 0.3) is 0 Å². The van der Waals surface area contributed by atoms with Crippen LogP contribution in [0, 0.1) is 23.5 Å². The molecule has 1 aromatic rings. The average molecular weight is 282 g/mol. The highest BCUT2D eigenvalue weighted by atomic mass is 19.1. The van der Waals surface area contributed by atoms with Crippen LogP contribution in [0.15, 0.2) is 18.2 Å². The third kappa shape index (κ3) is 3.55. The molecule has 0 aromatic heterocycles. The molecule has 1 aliphatic carbocycles. The summed E-state index contributed by atoms with van der Waals surface area (Å²) in [6.07, 6.45) is 6.50. The summed E-state index contributed by atoms with van der Waals surface area (Å²) in [5.41, 5.74) is 3.40. The van der Waals surface area contributed by atoms with Gasteiger partial charge in [0.15, 0.2) is 0 Å². The zero-order valence-electron chi connectivity index (χ0n) is 12.0. The van der Waals surface area contributed by atoms with Crippen LogP contribution >= 0.6 is 0 Å². The van der Waals surface area contributed by atoms with Crippen LogP contribution in [0.5, 0.6) is 0 Å².